The molecular formula is C21H21NO4. The summed E-state index contributed by atoms with van der Waals surface area (Å²) in [7, 11) is 0. The molecule has 1 fully saturated rings. The first-order valence-electron chi connectivity index (χ1n) is 9.61. The van der Waals surface area contributed by atoms with Gasteiger partial charge in [-0.1, -0.05) is 0 Å². The summed E-state index contributed by atoms with van der Waals surface area (Å²) in [5.74, 6) is 0.0373. The van der Waals surface area contributed by atoms with Crippen LogP contribution >= 0.6 is 0 Å². The fourth-order valence-corrected chi connectivity index (χ4v) is 5.42. The van der Waals surface area contributed by atoms with Crippen LogP contribution in [-0.4, -0.2) is 29.1 Å². The Hall–Kier alpha value is -2.30. The third kappa shape index (κ3) is 2.03. The molecule has 134 valence electrons. The van der Waals surface area contributed by atoms with E-state index in [4.69, 9.17) is 4.74 Å². The van der Waals surface area contributed by atoms with Gasteiger partial charge in [-0.15, -0.1) is 0 Å². The van der Waals surface area contributed by atoms with Gasteiger partial charge >= 0.3 is 5.97 Å². The molecule has 0 radical (unpaired) electrons. The normalized spacial score (nSPS) is 28.7. The number of ether oxygens (including phenoxy) is 1. The van der Waals surface area contributed by atoms with E-state index in [9.17, 15) is 14.4 Å². The number of pyridine rings is 1. The molecule has 3 atom stereocenters. The highest BCUT2D eigenvalue weighted by Crippen LogP contribution is 2.53. The largest absolute Gasteiger partial charge is 0.466 e. The van der Waals surface area contributed by atoms with Crippen LogP contribution in [-0.2, 0) is 22.4 Å². The van der Waals surface area contributed by atoms with E-state index < -0.39 is 0 Å². The maximum atomic E-state index is 13.4. The molecule has 0 aromatic carbocycles. The summed E-state index contributed by atoms with van der Waals surface area (Å²) in [5.41, 5.74) is 4.17. The lowest BCUT2D eigenvalue weighted by Crippen LogP contribution is -2.31. The molecule has 0 N–H and O–H groups in total. The summed E-state index contributed by atoms with van der Waals surface area (Å²) in [6, 6.07) is 0. The van der Waals surface area contributed by atoms with Crippen LogP contribution < -0.4 is 0 Å². The summed E-state index contributed by atoms with van der Waals surface area (Å²) >= 11 is 0. The van der Waals surface area contributed by atoms with Gasteiger partial charge in [-0.3, -0.25) is 19.4 Å². The van der Waals surface area contributed by atoms with Gasteiger partial charge in [0.25, 0.3) is 0 Å². The number of allylic oxidation sites excluding steroid dienone is 2. The Morgan fingerprint density at radius 2 is 1.88 bits per heavy atom. The first kappa shape index (κ1) is 15.9. The highest BCUT2D eigenvalue weighted by Gasteiger charge is 2.49. The molecule has 0 amide bonds. The molecule has 1 saturated carbocycles. The second-order valence-electron chi connectivity index (χ2n) is 7.86. The number of nitrogens with zero attached hydrogens (tertiary/aromatic N) is 1. The minimum Gasteiger partial charge on any atom is -0.466 e. The van der Waals surface area contributed by atoms with Gasteiger partial charge in [-0.05, 0) is 62.8 Å². The van der Waals surface area contributed by atoms with Crippen molar-refractivity contribution in [2.45, 2.75) is 45.4 Å². The Morgan fingerprint density at radius 3 is 2.62 bits per heavy atom. The summed E-state index contributed by atoms with van der Waals surface area (Å²) in [6.45, 7) is 2.15. The van der Waals surface area contributed by atoms with Crippen LogP contribution in [0.25, 0.3) is 0 Å². The van der Waals surface area contributed by atoms with E-state index >= 15 is 0 Å². The van der Waals surface area contributed by atoms with Gasteiger partial charge in [0.2, 0.25) is 0 Å². The van der Waals surface area contributed by atoms with Gasteiger partial charge in [0, 0.05) is 28.6 Å². The van der Waals surface area contributed by atoms with Crippen molar-refractivity contribution in [1.82, 2.24) is 4.98 Å². The predicted octanol–water partition coefficient (Wildman–Crippen LogP) is 2.86. The molecule has 2 bridgehead atoms. The van der Waals surface area contributed by atoms with E-state index in [0.29, 0.717) is 37.0 Å². The van der Waals surface area contributed by atoms with Crippen LogP contribution in [0.3, 0.4) is 0 Å². The maximum Gasteiger partial charge on any atom is 0.309 e. The van der Waals surface area contributed by atoms with Crippen molar-refractivity contribution in [3.63, 3.8) is 0 Å². The van der Waals surface area contributed by atoms with Crippen LogP contribution in [0.5, 0.6) is 0 Å². The number of carbonyl (C=O) groups excluding carboxylic acids is 3. The van der Waals surface area contributed by atoms with E-state index in [-0.39, 0.29) is 35.3 Å². The van der Waals surface area contributed by atoms with E-state index in [1.54, 1.807) is 13.1 Å². The number of carbonyl (C=O) groups is 3. The Labute approximate surface area is 151 Å². The quantitative estimate of drug-likeness (QED) is 0.766. The molecule has 0 spiro atoms. The minimum absolute atomic E-state index is 0.00430. The number of Topliss-reactive ketones (excluding diaryl/α,β-unsaturated/α-hetero) is 2. The molecule has 1 heterocycles. The lowest BCUT2D eigenvalue weighted by molar-refractivity contribution is -0.148. The van der Waals surface area contributed by atoms with Gasteiger partial charge in [0.05, 0.1) is 18.1 Å². The summed E-state index contributed by atoms with van der Waals surface area (Å²) < 4.78 is 5.18. The van der Waals surface area contributed by atoms with Crippen LogP contribution in [0.2, 0.25) is 0 Å². The molecule has 3 unspecified atom stereocenters. The van der Waals surface area contributed by atoms with Gasteiger partial charge in [0.1, 0.15) is 0 Å². The number of esters is 1. The summed E-state index contributed by atoms with van der Waals surface area (Å²) in [4.78, 5) is 43.1. The average molecular weight is 351 g/mol. The van der Waals surface area contributed by atoms with Crippen LogP contribution in [0.15, 0.2) is 17.3 Å². The standard InChI is InChI=1S/C21H21NO4/c1-2-26-21(25)12-5-6-15-13(8-12)18-14(9-22-15)19(23)16-10-3-4-11(7-10)17(16)20(18)24/h9-12H,2-8H2,1H3. The van der Waals surface area contributed by atoms with Gasteiger partial charge in [-0.25, -0.2) is 0 Å². The summed E-state index contributed by atoms with van der Waals surface area (Å²) in [5, 5.41) is 0. The number of rotatable bonds is 2. The number of fused-ring (bicyclic) bond motifs is 7. The van der Waals surface area contributed by atoms with Crippen molar-refractivity contribution in [3.8, 4) is 0 Å². The van der Waals surface area contributed by atoms with Gasteiger partial charge in [0.15, 0.2) is 11.6 Å². The molecule has 1 aromatic heterocycles. The SMILES string of the molecule is CCOC(=O)C1CCc2ncc3c(c2C1)C(=O)C1=C(C3=O)C2CCC1C2. The highest BCUT2D eigenvalue weighted by atomic mass is 16.5. The fourth-order valence-electron chi connectivity index (χ4n) is 5.42. The molecule has 26 heavy (non-hydrogen) atoms. The number of aromatic nitrogens is 1. The Kier molecular flexibility index (Phi) is 3.43. The van der Waals surface area contributed by atoms with E-state index in [1.807, 2.05) is 0 Å². The zero-order chi connectivity index (χ0) is 18.0. The third-order valence-electron chi connectivity index (χ3n) is 6.57. The number of ketones is 2. The van der Waals surface area contributed by atoms with Crippen molar-refractivity contribution in [1.29, 1.82) is 0 Å². The second kappa shape index (κ2) is 5.60. The number of aryl methyl sites for hydroxylation is 1. The molecule has 5 rings (SSSR count). The first-order chi connectivity index (χ1) is 12.6. The molecule has 0 saturated heterocycles. The molecule has 0 aliphatic heterocycles. The van der Waals surface area contributed by atoms with Gasteiger partial charge < -0.3 is 4.74 Å². The molecule has 4 aliphatic rings. The predicted molar refractivity (Wildman–Crippen MR) is 92.9 cm³/mol. The van der Waals surface area contributed by atoms with Crippen molar-refractivity contribution in [2.24, 2.45) is 17.8 Å². The second-order valence-corrected chi connectivity index (χ2v) is 7.86. The van der Waals surface area contributed by atoms with Crippen LogP contribution in [0, 0.1) is 17.8 Å². The monoisotopic (exact) mass is 351 g/mol. The Balaban J connectivity index is 1.60. The summed E-state index contributed by atoms with van der Waals surface area (Å²) in [6.07, 6.45) is 6.33. The number of hydrogen-bond acceptors (Lipinski definition) is 5. The fraction of sp³-hybridized carbons (Fsp3) is 0.524. The Morgan fingerprint density at radius 1 is 1.15 bits per heavy atom. The molecule has 5 nitrogen and oxygen atoms in total. The first-order valence-corrected chi connectivity index (χ1v) is 9.61. The topological polar surface area (TPSA) is 73.3 Å². The van der Waals surface area contributed by atoms with Crippen molar-refractivity contribution in [2.75, 3.05) is 6.61 Å². The highest BCUT2D eigenvalue weighted by molar-refractivity contribution is 6.28. The lowest BCUT2D eigenvalue weighted by Gasteiger charge is -2.29. The van der Waals surface area contributed by atoms with E-state index in [2.05, 4.69) is 4.98 Å². The smallest absolute Gasteiger partial charge is 0.309 e. The van der Waals surface area contributed by atoms with Crippen LogP contribution in [0.1, 0.15) is 64.6 Å². The lowest BCUT2D eigenvalue weighted by atomic mass is 9.74. The third-order valence-corrected chi connectivity index (χ3v) is 6.57. The van der Waals surface area contributed by atoms with Gasteiger partial charge in [-0.2, -0.15) is 0 Å². The van der Waals surface area contributed by atoms with Crippen LogP contribution in [0.4, 0.5) is 0 Å². The van der Waals surface area contributed by atoms with Crippen molar-refractivity contribution < 1.29 is 19.1 Å². The van der Waals surface area contributed by atoms with Crippen molar-refractivity contribution in [3.05, 3.63) is 39.7 Å². The van der Waals surface area contributed by atoms with E-state index in [0.717, 1.165) is 41.7 Å². The maximum absolute atomic E-state index is 13.4. The zero-order valence-corrected chi connectivity index (χ0v) is 14.8. The molecule has 5 heteroatoms. The zero-order valence-electron chi connectivity index (χ0n) is 14.8. The minimum atomic E-state index is -0.256. The Bertz CT molecular complexity index is 898. The molecule has 1 aromatic rings. The molecule has 4 aliphatic carbocycles. The average Bonchev–Trinajstić information content (AvgIpc) is 3.27. The number of hydrogen-bond donors (Lipinski definition) is 0. The van der Waals surface area contributed by atoms with E-state index in [1.165, 1.54) is 0 Å². The molecular weight excluding hydrogens is 330 g/mol. The van der Waals surface area contributed by atoms with Crippen molar-refractivity contribution >= 4 is 17.5 Å².